The average Bonchev–Trinajstić information content (AvgIpc) is 2.28. The van der Waals surface area contributed by atoms with E-state index in [1.165, 1.54) is 13.2 Å². The summed E-state index contributed by atoms with van der Waals surface area (Å²) in [5.41, 5.74) is 0.00997. The van der Waals surface area contributed by atoms with Crippen LogP contribution in [-0.4, -0.2) is 13.1 Å². The van der Waals surface area contributed by atoms with Crippen molar-refractivity contribution in [1.82, 2.24) is 0 Å². The first-order valence-corrected chi connectivity index (χ1v) is 4.54. The summed E-state index contributed by atoms with van der Waals surface area (Å²) < 4.78 is 17.8. The van der Waals surface area contributed by atoms with Crippen LogP contribution in [0.15, 0.2) is 12.1 Å². The number of esters is 1. The van der Waals surface area contributed by atoms with Crippen molar-refractivity contribution in [2.75, 3.05) is 7.11 Å². The molecule has 0 N–H and O–H groups in total. The first kappa shape index (κ1) is 11.5. The number of ether oxygens (including phenoxy) is 1. The Morgan fingerprint density at radius 2 is 2.33 bits per heavy atom. The summed E-state index contributed by atoms with van der Waals surface area (Å²) in [6.45, 7) is 0. The van der Waals surface area contributed by atoms with Crippen molar-refractivity contribution in [2.45, 2.75) is 5.88 Å². The molecule has 0 aliphatic heterocycles. The lowest BCUT2D eigenvalue weighted by Gasteiger charge is -2.04. The van der Waals surface area contributed by atoms with Crippen molar-refractivity contribution < 1.29 is 13.9 Å². The number of rotatable bonds is 2. The number of nitriles is 1. The van der Waals surface area contributed by atoms with Gasteiger partial charge in [-0.25, -0.2) is 9.18 Å². The molecule has 0 amide bonds. The molecule has 1 aromatic carbocycles. The van der Waals surface area contributed by atoms with E-state index in [0.29, 0.717) is 0 Å². The number of carbonyl (C=O) groups is 1. The Balaban J connectivity index is 3.34. The summed E-state index contributed by atoms with van der Waals surface area (Å²) in [6, 6.07) is 4.06. The van der Waals surface area contributed by atoms with Crippen LogP contribution >= 0.6 is 11.6 Å². The van der Waals surface area contributed by atoms with Crippen LogP contribution in [0.3, 0.4) is 0 Å². The minimum Gasteiger partial charge on any atom is -0.465 e. The van der Waals surface area contributed by atoms with Gasteiger partial charge in [-0.05, 0) is 12.1 Å². The molecule has 0 heterocycles. The summed E-state index contributed by atoms with van der Waals surface area (Å²) in [4.78, 5) is 11.2. The smallest absolute Gasteiger partial charge is 0.337 e. The van der Waals surface area contributed by atoms with Crippen molar-refractivity contribution in [3.63, 3.8) is 0 Å². The van der Waals surface area contributed by atoms with E-state index < -0.39 is 11.8 Å². The molecule has 0 saturated heterocycles. The Morgan fingerprint density at radius 1 is 1.67 bits per heavy atom. The van der Waals surface area contributed by atoms with Crippen LogP contribution in [0.5, 0.6) is 0 Å². The topological polar surface area (TPSA) is 50.1 Å². The third-order valence-corrected chi connectivity index (χ3v) is 2.12. The van der Waals surface area contributed by atoms with Crippen molar-refractivity contribution in [1.29, 1.82) is 5.26 Å². The average molecular weight is 228 g/mol. The van der Waals surface area contributed by atoms with Gasteiger partial charge in [0.2, 0.25) is 0 Å². The van der Waals surface area contributed by atoms with Gasteiger partial charge < -0.3 is 4.74 Å². The zero-order chi connectivity index (χ0) is 11.4. The largest absolute Gasteiger partial charge is 0.465 e. The highest BCUT2D eigenvalue weighted by Crippen LogP contribution is 2.18. The molecule has 78 valence electrons. The van der Waals surface area contributed by atoms with Gasteiger partial charge >= 0.3 is 5.97 Å². The fourth-order valence-corrected chi connectivity index (χ4v) is 1.29. The number of hydrogen-bond acceptors (Lipinski definition) is 3. The molecule has 0 radical (unpaired) electrons. The molecule has 5 heteroatoms. The highest BCUT2D eigenvalue weighted by molar-refractivity contribution is 6.17. The summed E-state index contributed by atoms with van der Waals surface area (Å²) in [7, 11) is 1.21. The van der Waals surface area contributed by atoms with Crippen molar-refractivity contribution in [2.24, 2.45) is 0 Å². The lowest BCUT2D eigenvalue weighted by molar-refractivity contribution is 0.0600. The van der Waals surface area contributed by atoms with Crippen molar-refractivity contribution in [3.8, 4) is 6.07 Å². The van der Waals surface area contributed by atoms with E-state index in [1.54, 1.807) is 6.07 Å². The monoisotopic (exact) mass is 227 g/mol. The van der Waals surface area contributed by atoms with Crippen LogP contribution in [0.25, 0.3) is 0 Å². The molecule has 1 aromatic rings. The first-order chi connectivity index (χ1) is 7.13. The van der Waals surface area contributed by atoms with Crippen LogP contribution in [0, 0.1) is 17.1 Å². The van der Waals surface area contributed by atoms with E-state index in [9.17, 15) is 9.18 Å². The molecule has 3 nitrogen and oxygen atoms in total. The minimum atomic E-state index is -0.694. The molecule has 0 saturated carbocycles. The Labute approximate surface area is 91.0 Å². The van der Waals surface area contributed by atoms with Gasteiger partial charge in [0.1, 0.15) is 11.9 Å². The van der Waals surface area contributed by atoms with Gasteiger partial charge in [0.25, 0.3) is 0 Å². The van der Waals surface area contributed by atoms with E-state index in [4.69, 9.17) is 16.9 Å². The van der Waals surface area contributed by atoms with Crippen LogP contribution in [0.4, 0.5) is 4.39 Å². The third-order valence-electron chi connectivity index (χ3n) is 1.83. The standard InChI is InChI=1S/C10H7ClFNO2/c1-15-10(14)6-2-7(4-11)9(12)8(3-6)5-13/h2-3H,4H2,1H3. The molecule has 0 atom stereocenters. The SMILES string of the molecule is COC(=O)c1cc(C#N)c(F)c(CCl)c1. The molecule has 0 bridgehead atoms. The van der Waals surface area contributed by atoms with Gasteiger partial charge in [-0.1, -0.05) is 0 Å². The second kappa shape index (κ2) is 4.76. The molecule has 0 spiro atoms. The third kappa shape index (κ3) is 2.25. The van der Waals surface area contributed by atoms with E-state index in [0.717, 1.165) is 6.07 Å². The van der Waals surface area contributed by atoms with Crippen LogP contribution < -0.4 is 0 Å². The molecular formula is C10H7ClFNO2. The molecule has 0 aliphatic rings. The predicted octanol–water partition coefficient (Wildman–Crippen LogP) is 2.22. The molecule has 0 fully saturated rings. The van der Waals surface area contributed by atoms with Crippen LogP contribution in [0.1, 0.15) is 21.5 Å². The lowest BCUT2D eigenvalue weighted by atomic mass is 10.1. The highest BCUT2D eigenvalue weighted by Gasteiger charge is 2.14. The molecule has 0 unspecified atom stereocenters. The maximum Gasteiger partial charge on any atom is 0.337 e. The van der Waals surface area contributed by atoms with Crippen LogP contribution in [-0.2, 0) is 10.6 Å². The molecule has 0 aliphatic carbocycles. The van der Waals surface area contributed by atoms with Crippen molar-refractivity contribution >= 4 is 17.6 Å². The fraction of sp³-hybridized carbons (Fsp3) is 0.200. The number of carbonyl (C=O) groups excluding carboxylic acids is 1. The summed E-state index contributed by atoms with van der Waals surface area (Å²) >= 11 is 5.48. The first-order valence-electron chi connectivity index (χ1n) is 4.00. The number of nitrogens with zero attached hydrogens (tertiary/aromatic N) is 1. The minimum absolute atomic E-state index is 0.106. The quantitative estimate of drug-likeness (QED) is 0.575. The maximum absolute atomic E-state index is 13.4. The molecule has 0 aromatic heterocycles. The van der Waals surface area contributed by atoms with E-state index in [1.807, 2.05) is 0 Å². The van der Waals surface area contributed by atoms with E-state index in [2.05, 4.69) is 4.74 Å². The number of hydrogen-bond donors (Lipinski definition) is 0. The number of halogens is 2. The van der Waals surface area contributed by atoms with Gasteiger partial charge in [-0.15, -0.1) is 11.6 Å². The number of methoxy groups -OCH3 is 1. The van der Waals surface area contributed by atoms with E-state index in [-0.39, 0.29) is 22.6 Å². The summed E-state index contributed by atoms with van der Waals surface area (Å²) in [5, 5.41) is 8.63. The van der Waals surface area contributed by atoms with Gasteiger partial charge in [-0.3, -0.25) is 0 Å². The highest BCUT2D eigenvalue weighted by atomic mass is 35.5. The predicted molar refractivity (Wildman–Crippen MR) is 52.0 cm³/mol. The van der Waals surface area contributed by atoms with Crippen molar-refractivity contribution in [3.05, 3.63) is 34.6 Å². The molecular weight excluding hydrogens is 221 g/mol. The number of benzene rings is 1. The zero-order valence-electron chi connectivity index (χ0n) is 7.88. The van der Waals surface area contributed by atoms with Gasteiger partial charge in [0.15, 0.2) is 0 Å². The fourth-order valence-electron chi connectivity index (χ4n) is 1.10. The zero-order valence-corrected chi connectivity index (χ0v) is 8.64. The van der Waals surface area contributed by atoms with Gasteiger partial charge in [0.05, 0.1) is 24.1 Å². The van der Waals surface area contributed by atoms with Gasteiger partial charge in [0, 0.05) is 5.56 Å². The van der Waals surface area contributed by atoms with E-state index >= 15 is 0 Å². The lowest BCUT2D eigenvalue weighted by Crippen LogP contribution is -2.04. The molecule has 15 heavy (non-hydrogen) atoms. The number of alkyl halides is 1. The molecule has 1 rings (SSSR count). The maximum atomic E-state index is 13.4. The normalized spacial score (nSPS) is 9.47. The van der Waals surface area contributed by atoms with Gasteiger partial charge in [-0.2, -0.15) is 5.26 Å². The Kier molecular flexibility index (Phi) is 3.64. The Bertz CT molecular complexity index is 440. The second-order valence-electron chi connectivity index (χ2n) is 2.73. The van der Waals surface area contributed by atoms with Crippen LogP contribution in [0.2, 0.25) is 0 Å². The second-order valence-corrected chi connectivity index (χ2v) is 3.00. The summed E-state index contributed by atoms with van der Waals surface area (Å²) in [5.74, 6) is -1.43. The Hall–Kier alpha value is -1.60. The summed E-state index contributed by atoms with van der Waals surface area (Å²) in [6.07, 6.45) is 0. The Morgan fingerprint density at radius 3 is 2.80 bits per heavy atom.